The maximum absolute atomic E-state index is 5.43. The van der Waals surface area contributed by atoms with E-state index in [4.69, 9.17) is 15.2 Å². The van der Waals surface area contributed by atoms with Gasteiger partial charge in [0.05, 0.1) is 7.11 Å². The van der Waals surface area contributed by atoms with Crippen molar-refractivity contribution in [2.45, 2.75) is 13.3 Å². The Balaban J connectivity index is 0.00000196. The van der Waals surface area contributed by atoms with E-state index in [1.165, 1.54) is 5.56 Å². The monoisotopic (exact) mass is 231 g/mol. The second-order valence-electron chi connectivity index (χ2n) is 2.98. The molecular weight excluding hydrogens is 214 g/mol. The highest BCUT2D eigenvalue weighted by molar-refractivity contribution is 5.85. The minimum Gasteiger partial charge on any atom is -0.493 e. The molecule has 1 aromatic rings. The predicted octanol–water partition coefficient (Wildman–Crippen LogP) is 2.02. The summed E-state index contributed by atoms with van der Waals surface area (Å²) in [7, 11) is 1.64. The van der Waals surface area contributed by atoms with Gasteiger partial charge in [-0.3, -0.25) is 0 Å². The average Bonchev–Trinajstić information content (AvgIpc) is 2.26. The molecule has 0 atom stereocenters. The van der Waals surface area contributed by atoms with Gasteiger partial charge in [0.2, 0.25) is 0 Å². The highest BCUT2D eigenvalue weighted by atomic mass is 35.5. The Morgan fingerprint density at radius 2 is 2.00 bits per heavy atom. The lowest BCUT2D eigenvalue weighted by Crippen LogP contribution is -2.11. The molecule has 0 aromatic heterocycles. The van der Waals surface area contributed by atoms with Crippen LogP contribution in [-0.4, -0.2) is 20.3 Å². The molecule has 0 radical (unpaired) electrons. The second-order valence-corrected chi connectivity index (χ2v) is 2.98. The van der Waals surface area contributed by atoms with Gasteiger partial charge in [-0.05, 0) is 24.1 Å². The van der Waals surface area contributed by atoms with Gasteiger partial charge in [-0.15, -0.1) is 12.4 Å². The van der Waals surface area contributed by atoms with E-state index in [1.807, 2.05) is 18.2 Å². The molecule has 0 spiro atoms. The first kappa shape index (κ1) is 14.1. The van der Waals surface area contributed by atoms with Crippen LogP contribution in [0.4, 0.5) is 0 Å². The quantitative estimate of drug-likeness (QED) is 0.843. The van der Waals surface area contributed by atoms with E-state index in [9.17, 15) is 0 Å². The molecule has 0 amide bonds. The topological polar surface area (TPSA) is 44.5 Å². The summed E-state index contributed by atoms with van der Waals surface area (Å²) in [6.45, 7) is 3.13. The number of hydrogen-bond donors (Lipinski definition) is 1. The van der Waals surface area contributed by atoms with Gasteiger partial charge >= 0.3 is 0 Å². The number of methoxy groups -OCH3 is 1. The molecular formula is C11H18ClNO2. The van der Waals surface area contributed by atoms with Crippen molar-refractivity contribution in [3.63, 3.8) is 0 Å². The Morgan fingerprint density at radius 3 is 2.53 bits per heavy atom. The van der Waals surface area contributed by atoms with Crippen molar-refractivity contribution >= 4 is 12.4 Å². The summed E-state index contributed by atoms with van der Waals surface area (Å²) in [5.74, 6) is 1.54. The zero-order chi connectivity index (χ0) is 10.4. The smallest absolute Gasteiger partial charge is 0.161 e. The largest absolute Gasteiger partial charge is 0.493 e. The van der Waals surface area contributed by atoms with Gasteiger partial charge in [-0.1, -0.05) is 13.0 Å². The zero-order valence-corrected chi connectivity index (χ0v) is 9.97. The van der Waals surface area contributed by atoms with Gasteiger partial charge in [-0.25, -0.2) is 0 Å². The van der Waals surface area contributed by atoms with Gasteiger partial charge in [-0.2, -0.15) is 0 Å². The lowest BCUT2D eigenvalue weighted by Gasteiger charge is -2.10. The van der Waals surface area contributed by atoms with Crippen LogP contribution in [0.15, 0.2) is 18.2 Å². The van der Waals surface area contributed by atoms with Crippen molar-refractivity contribution in [2.75, 3.05) is 20.3 Å². The molecule has 4 heteroatoms. The van der Waals surface area contributed by atoms with Gasteiger partial charge in [0, 0.05) is 6.54 Å². The van der Waals surface area contributed by atoms with E-state index in [2.05, 4.69) is 6.92 Å². The molecule has 0 saturated carbocycles. The third kappa shape index (κ3) is 3.98. The van der Waals surface area contributed by atoms with Crippen LogP contribution in [0.25, 0.3) is 0 Å². The van der Waals surface area contributed by atoms with E-state index in [1.54, 1.807) is 7.11 Å². The second kappa shape index (κ2) is 7.37. The number of rotatable bonds is 5. The van der Waals surface area contributed by atoms with Gasteiger partial charge in [0.15, 0.2) is 11.5 Å². The number of nitrogens with two attached hydrogens (primary N) is 1. The van der Waals surface area contributed by atoms with Crippen molar-refractivity contribution in [1.29, 1.82) is 0 Å². The van der Waals surface area contributed by atoms with Gasteiger partial charge in [0.1, 0.15) is 6.61 Å². The van der Waals surface area contributed by atoms with Crippen LogP contribution in [-0.2, 0) is 6.42 Å². The zero-order valence-electron chi connectivity index (χ0n) is 9.16. The summed E-state index contributed by atoms with van der Waals surface area (Å²) in [6.07, 6.45) is 0.994. The molecule has 2 N–H and O–H groups in total. The Morgan fingerprint density at radius 1 is 1.27 bits per heavy atom. The standard InChI is InChI=1S/C11H17NO2.ClH/c1-3-9-4-5-10(14-7-6-12)11(8-9)13-2;/h4-5,8H,3,6-7,12H2,1-2H3;1H. The molecule has 0 saturated heterocycles. The summed E-state index contributed by atoms with van der Waals surface area (Å²) in [6, 6.07) is 5.95. The first-order valence-electron chi connectivity index (χ1n) is 4.81. The highest BCUT2D eigenvalue weighted by Crippen LogP contribution is 2.27. The molecule has 0 aliphatic carbocycles. The van der Waals surface area contributed by atoms with Crippen LogP contribution in [0.5, 0.6) is 11.5 Å². The highest BCUT2D eigenvalue weighted by Gasteiger charge is 2.03. The molecule has 3 nitrogen and oxygen atoms in total. The fraction of sp³-hybridized carbons (Fsp3) is 0.455. The Bertz CT molecular complexity index is 292. The lowest BCUT2D eigenvalue weighted by molar-refractivity contribution is 0.302. The van der Waals surface area contributed by atoms with E-state index in [-0.39, 0.29) is 12.4 Å². The van der Waals surface area contributed by atoms with Crippen LogP contribution in [0, 0.1) is 0 Å². The van der Waals surface area contributed by atoms with E-state index in [0.717, 1.165) is 17.9 Å². The normalized spacial score (nSPS) is 9.27. The Hall–Kier alpha value is -0.930. The fourth-order valence-electron chi connectivity index (χ4n) is 1.22. The molecule has 15 heavy (non-hydrogen) atoms. The van der Waals surface area contributed by atoms with Crippen molar-refractivity contribution in [2.24, 2.45) is 5.73 Å². The molecule has 0 heterocycles. The lowest BCUT2D eigenvalue weighted by atomic mass is 10.1. The molecule has 0 fully saturated rings. The SMILES string of the molecule is CCc1ccc(OCCN)c(OC)c1.Cl. The van der Waals surface area contributed by atoms with E-state index < -0.39 is 0 Å². The van der Waals surface area contributed by atoms with Gasteiger partial charge < -0.3 is 15.2 Å². The number of ether oxygens (including phenoxy) is 2. The van der Waals surface area contributed by atoms with Crippen LogP contribution in [0.3, 0.4) is 0 Å². The molecule has 0 bridgehead atoms. The summed E-state index contributed by atoms with van der Waals surface area (Å²) < 4.78 is 10.6. The Labute approximate surface area is 97.0 Å². The number of benzene rings is 1. The number of aryl methyl sites for hydroxylation is 1. The Kier molecular flexibility index (Phi) is 6.92. The molecule has 1 aromatic carbocycles. The first-order valence-corrected chi connectivity index (χ1v) is 4.81. The third-order valence-electron chi connectivity index (χ3n) is 2.01. The summed E-state index contributed by atoms with van der Waals surface area (Å²) >= 11 is 0. The number of hydrogen-bond acceptors (Lipinski definition) is 3. The maximum Gasteiger partial charge on any atom is 0.161 e. The van der Waals surface area contributed by atoms with Crippen LogP contribution in [0.2, 0.25) is 0 Å². The minimum atomic E-state index is 0. The molecule has 0 unspecified atom stereocenters. The van der Waals surface area contributed by atoms with Crippen molar-refractivity contribution < 1.29 is 9.47 Å². The van der Waals surface area contributed by atoms with Gasteiger partial charge in [0.25, 0.3) is 0 Å². The van der Waals surface area contributed by atoms with Crippen LogP contribution >= 0.6 is 12.4 Å². The van der Waals surface area contributed by atoms with E-state index >= 15 is 0 Å². The number of halogens is 1. The summed E-state index contributed by atoms with van der Waals surface area (Å²) in [4.78, 5) is 0. The third-order valence-corrected chi connectivity index (χ3v) is 2.01. The van der Waals surface area contributed by atoms with Crippen LogP contribution < -0.4 is 15.2 Å². The fourth-order valence-corrected chi connectivity index (χ4v) is 1.22. The molecule has 0 aliphatic rings. The summed E-state index contributed by atoms with van der Waals surface area (Å²) in [5, 5.41) is 0. The minimum absolute atomic E-state index is 0. The van der Waals surface area contributed by atoms with Crippen molar-refractivity contribution in [3.8, 4) is 11.5 Å². The maximum atomic E-state index is 5.43. The molecule has 0 aliphatic heterocycles. The first-order chi connectivity index (χ1) is 6.81. The summed E-state index contributed by atoms with van der Waals surface area (Å²) in [5.41, 5.74) is 6.60. The molecule has 1 rings (SSSR count). The van der Waals surface area contributed by atoms with Crippen molar-refractivity contribution in [1.82, 2.24) is 0 Å². The van der Waals surface area contributed by atoms with Crippen molar-refractivity contribution in [3.05, 3.63) is 23.8 Å². The molecule has 86 valence electrons. The predicted molar refractivity (Wildman–Crippen MR) is 64.2 cm³/mol. The average molecular weight is 232 g/mol. The van der Waals surface area contributed by atoms with E-state index in [0.29, 0.717) is 13.2 Å². The van der Waals surface area contributed by atoms with Crippen LogP contribution in [0.1, 0.15) is 12.5 Å².